The molecule has 1 saturated carbocycles. The summed E-state index contributed by atoms with van der Waals surface area (Å²) in [5, 5.41) is 3.09. The van der Waals surface area contributed by atoms with Gasteiger partial charge in [0.05, 0.1) is 10.6 Å². The van der Waals surface area contributed by atoms with Crippen molar-refractivity contribution in [3.8, 4) is 11.1 Å². The average molecular weight is 604 g/mol. The van der Waals surface area contributed by atoms with Gasteiger partial charge in [-0.15, -0.1) is 0 Å². The molecule has 0 atom stereocenters. The fourth-order valence-corrected chi connectivity index (χ4v) is 8.71. The van der Waals surface area contributed by atoms with E-state index in [4.69, 9.17) is 0 Å². The van der Waals surface area contributed by atoms with Gasteiger partial charge in [-0.2, -0.15) is 11.8 Å². The molecule has 0 bridgehead atoms. The Morgan fingerprint density at radius 1 is 0.952 bits per heavy atom. The molecule has 42 heavy (non-hydrogen) atoms. The summed E-state index contributed by atoms with van der Waals surface area (Å²) in [6.07, 6.45) is 4.59. The minimum absolute atomic E-state index is 0.00975. The van der Waals surface area contributed by atoms with Crippen molar-refractivity contribution in [2.75, 3.05) is 41.8 Å². The first kappa shape index (κ1) is 29.3. The summed E-state index contributed by atoms with van der Waals surface area (Å²) in [5.74, 6) is 2.50. The number of thioether (sulfide) groups is 1. The summed E-state index contributed by atoms with van der Waals surface area (Å²) in [7, 11) is -3.24. The van der Waals surface area contributed by atoms with Crippen LogP contribution < -0.4 is 10.2 Å². The van der Waals surface area contributed by atoms with Gasteiger partial charge < -0.3 is 5.32 Å². The van der Waals surface area contributed by atoms with Crippen LogP contribution in [0.25, 0.3) is 11.1 Å². The van der Waals surface area contributed by atoms with E-state index < -0.39 is 9.84 Å². The second-order valence-electron chi connectivity index (χ2n) is 12.0. The highest BCUT2D eigenvalue weighted by Crippen LogP contribution is 2.51. The van der Waals surface area contributed by atoms with E-state index in [-0.39, 0.29) is 17.2 Å². The van der Waals surface area contributed by atoms with Gasteiger partial charge in [0.2, 0.25) is 0 Å². The molecule has 0 radical (unpaired) electrons. The SMILES string of the molecule is CCS(=O)(=O)c1ccc(CNC(=O)N2CC3(CCCC3)c3cc(-c4cc(CN5CCSCC5)ccc4C)ccc32)cc1. The molecule has 2 aliphatic heterocycles. The number of benzene rings is 3. The molecule has 1 saturated heterocycles. The Labute approximate surface area is 254 Å². The number of rotatable bonds is 7. The number of urea groups is 1. The van der Waals surface area contributed by atoms with Crippen molar-refractivity contribution in [2.24, 2.45) is 0 Å². The van der Waals surface area contributed by atoms with Crippen molar-refractivity contribution in [3.05, 3.63) is 82.9 Å². The second-order valence-corrected chi connectivity index (χ2v) is 15.6. The van der Waals surface area contributed by atoms with Crippen molar-refractivity contribution in [1.29, 1.82) is 0 Å². The van der Waals surface area contributed by atoms with Gasteiger partial charge in [0.15, 0.2) is 9.84 Å². The summed E-state index contributed by atoms with van der Waals surface area (Å²) in [4.78, 5) is 18.4. The number of carbonyl (C=O) groups is 1. The zero-order valence-corrected chi connectivity index (χ0v) is 26.3. The lowest BCUT2D eigenvalue weighted by molar-refractivity contribution is 0.245. The molecule has 1 aliphatic carbocycles. The van der Waals surface area contributed by atoms with E-state index in [1.807, 2.05) is 16.7 Å². The maximum absolute atomic E-state index is 13.5. The number of anilines is 1. The van der Waals surface area contributed by atoms with Gasteiger partial charge >= 0.3 is 6.03 Å². The minimum Gasteiger partial charge on any atom is -0.334 e. The second kappa shape index (κ2) is 12.1. The number of nitrogens with zero attached hydrogens (tertiary/aromatic N) is 2. The van der Waals surface area contributed by atoms with E-state index in [2.05, 4.69) is 53.5 Å². The number of hydrogen-bond donors (Lipinski definition) is 1. The highest BCUT2D eigenvalue weighted by molar-refractivity contribution is 7.99. The van der Waals surface area contributed by atoms with Crippen LogP contribution in [0.5, 0.6) is 0 Å². The number of nitrogens with one attached hydrogen (secondary N) is 1. The summed E-state index contributed by atoms with van der Waals surface area (Å²) in [6, 6.07) is 20.3. The fourth-order valence-electron chi connectivity index (χ4n) is 6.85. The molecule has 1 spiro atoms. The van der Waals surface area contributed by atoms with Gasteiger partial charge in [-0.05, 0) is 83.5 Å². The van der Waals surface area contributed by atoms with Crippen molar-refractivity contribution < 1.29 is 13.2 Å². The van der Waals surface area contributed by atoms with Crippen molar-refractivity contribution >= 4 is 33.3 Å². The van der Waals surface area contributed by atoms with E-state index in [9.17, 15) is 13.2 Å². The van der Waals surface area contributed by atoms with Crippen LogP contribution >= 0.6 is 11.8 Å². The number of sulfone groups is 1. The summed E-state index contributed by atoms with van der Waals surface area (Å²) in [6.45, 7) is 8.19. The molecule has 3 aromatic carbocycles. The number of carbonyl (C=O) groups excluding carboxylic acids is 1. The highest BCUT2D eigenvalue weighted by Gasteiger charge is 2.46. The predicted molar refractivity (Wildman–Crippen MR) is 173 cm³/mol. The molecule has 1 N–H and O–H groups in total. The van der Waals surface area contributed by atoms with Crippen molar-refractivity contribution in [1.82, 2.24) is 10.2 Å². The quantitative estimate of drug-likeness (QED) is 0.332. The third-order valence-corrected chi connectivity index (χ3v) is 12.0. The maximum atomic E-state index is 13.5. The van der Waals surface area contributed by atoms with E-state index >= 15 is 0 Å². The van der Waals surface area contributed by atoms with E-state index in [0.717, 1.165) is 43.7 Å². The number of hydrogen-bond acceptors (Lipinski definition) is 5. The lowest BCUT2D eigenvalue weighted by Gasteiger charge is -2.26. The van der Waals surface area contributed by atoms with Crippen LogP contribution in [0.4, 0.5) is 10.5 Å². The molecule has 2 heterocycles. The third kappa shape index (κ3) is 5.86. The van der Waals surface area contributed by atoms with Gasteiger partial charge in [0.1, 0.15) is 0 Å². The molecular formula is C34H41N3O3S2. The molecule has 3 aromatic rings. The van der Waals surface area contributed by atoms with Crippen molar-refractivity contribution in [2.45, 2.75) is 62.9 Å². The lowest BCUT2D eigenvalue weighted by Crippen LogP contribution is -2.41. The fraction of sp³-hybridized carbons (Fsp3) is 0.441. The van der Waals surface area contributed by atoms with E-state index in [1.54, 1.807) is 31.2 Å². The summed E-state index contributed by atoms with van der Waals surface area (Å²) in [5.41, 5.74) is 8.36. The molecule has 2 fully saturated rings. The molecule has 8 heteroatoms. The third-order valence-electron chi connectivity index (χ3n) is 9.35. The summed E-state index contributed by atoms with van der Waals surface area (Å²) < 4.78 is 24.3. The van der Waals surface area contributed by atoms with Crippen LogP contribution in [-0.4, -0.2) is 56.2 Å². The Balaban J connectivity index is 1.23. The largest absolute Gasteiger partial charge is 0.334 e. The maximum Gasteiger partial charge on any atom is 0.322 e. The van der Waals surface area contributed by atoms with Gasteiger partial charge in [0.25, 0.3) is 0 Å². The molecule has 3 aliphatic rings. The highest BCUT2D eigenvalue weighted by atomic mass is 32.2. The van der Waals surface area contributed by atoms with Crippen LogP contribution in [0.2, 0.25) is 0 Å². The molecule has 6 nitrogen and oxygen atoms in total. The number of amides is 2. The Morgan fingerprint density at radius 2 is 1.67 bits per heavy atom. The van der Waals surface area contributed by atoms with Crippen molar-refractivity contribution in [3.63, 3.8) is 0 Å². The number of aryl methyl sites for hydroxylation is 1. The monoisotopic (exact) mass is 603 g/mol. The molecule has 0 aromatic heterocycles. The van der Waals surface area contributed by atoms with E-state index in [0.29, 0.717) is 18.0 Å². The lowest BCUT2D eigenvalue weighted by atomic mass is 9.79. The van der Waals surface area contributed by atoms with Gasteiger partial charge in [-0.25, -0.2) is 13.2 Å². The smallest absolute Gasteiger partial charge is 0.322 e. The van der Waals surface area contributed by atoms with Crippen LogP contribution in [0.1, 0.15) is 54.9 Å². The zero-order valence-electron chi connectivity index (χ0n) is 24.7. The molecular weight excluding hydrogens is 563 g/mol. The van der Waals surface area contributed by atoms with Crippen LogP contribution in [-0.2, 0) is 28.3 Å². The normalized spacial score (nSPS) is 18.4. The Kier molecular flexibility index (Phi) is 8.40. The van der Waals surface area contributed by atoms with Crippen LogP contribution in [0.15, 0.2) is 65.6 Å². The number of fused-ring (bicyclic) bond motifs is 2. The summed E-state index contributed by atoms with van der Waals surface area (Å²) >= 11 is 2.04. The molecule has 222 valence electrons. The van der Waals surface area contributed by atoms with Gasteiger partial charge in [-0.1, -0.05) is 50.1 Å². The Hall–Kier alpha value is -2.81. The first-order valence-electron chi connectivity index (χ1n) is 15.2. The van der Waals surface area contributed by atoms with Crippen LogP contribution in [0.3, 0.4) is 0 Å². The van der Waals surface area contributed by atoms with Gasteiger partial charge in [0, 0.05) is 55.3 Å². The topological polar surface area (TPSA) is 69.7 Å². The molecule has 0 unspecified atom stereocenters. The standard InChI is InChI=1S/C34H41N3O3S2/c1-3-42(39,40)29-11-8-26(9-12-29)22-35-33(38)37-24-34(14-4-5-15-34)31-21-28(10-13-32(31)37)30-20-27(7-6-25(30)2)23-36-16-18-41-19-17-36/h6-13,20-21H,3-5,14-19,22-24H2,1-2H3,(H,35,38). The Bertz CT molecular complexity index is 1560. The minimum atomic E-state index is -3.24. The Morgan fingerprint density at radius 3 is 2.38 bits per heavy atom. The molecule has 2 amide bonds. The first-order valence-corrected chi connectivity index (χ1v) is 18.0. The van der Waals surface area contributed by atoms with Gasteiger partial charge in [-0.3, -0.25) is 9.80 Å². The average Bonchev–Trinajstić information content (AvgIpc) is 3.62. The zero-order chi connectivity index (χ0) is 29.3. The molecule has 6 rings (SSSR count). The predicted octanol–water partition coefficient (Wildman–Crippen LogP) is 6.55. The van der Waals surface area contributed by atoms with E-state index in [1.165, 1.54) is 52.2 Å². The van der Waals surface area contributed by atoms with Crippen LogP contribution in [0, 0.1) is 6.92 Å². The first-order chi connectivity index (χ1) is 20.3.